The van der Waals surface area contributed by atoms with Gasteiger partial charge in [0.2, 0.25) is 0 Å². The van der Waals surface area contributed by atoms with Crippen molar-refractivity contribution in [2.75, 3.05) is 27.3 Å². The Morgan fingerprint density at radius 2 is 1.68 bits per heavy atom. The summed E-state index contributed by atoms with van der Waals surface area (Å²) in [6, 6.07) is 12.8. The van der Waals surface area contributed by atoms with E-state index in [-0.39, 0.29) is 17.9 Å². The molecular formula is C22H26N2O4. The van der Waals surface area contributed by atoms with Crippen LogP contribution in [0.3, 0.4) is 0 Å². The molecule has 1 saturated heterocycles. The second kappa shape index (κ2) is 8.78. The molecule has 1 aliphatic heterocycles. The monoisotopic (exact) mass is 382 g/mol. The van der Waals surface area contributed by atoms with Crippen LogP contribution in [-0.2, 0) is 0 Å². The topological polar surface area (TPSA) is 67.9 Å². The number of amides is 2. The molecule has 0 saturated carbocycles. The quantitative estimate of drug-likeness (QED) is 0.863. The first-order valence-corrected chi connectivity index (χ1v) is 9.40. The number of nitrogens with zero attached hydrogens (tertiary/aromatic N) is 1. The van der Waals surface area contributed by atoms with Crippen LogP contribution in [0, 0.1) is 6.92 Å². The fourth-order valence-electron chi connectivity index (χ4n) is 3.43. The van der Waals surface area contributed by atoms with Gasteiger partial charge in [-0.15, -0.1) is 0 Å². The van der Waals surface area contributed by atoms with E-state index in [0.717, 1.165) is 18.4 Å². The zero-order valence-corrected chi connectivity index (χ0v) is 16.5. The zero-order chi connectivity index (χ0) is 20.1. The lowest BCUT2D eigenvalue weighted by Crippen LogP contribution is -2.46. The van der Waals surface area contributed by atoms with Gasteiger partial charge in [0.1, 0.15) is 0 Å². The average Bonchev–Trinajstić information content (AvgIpc) is 2.73. The SMILES string of the molecule is COc1ccc(C(=O)NC2CCN(C(=O)c3cccc(C)c3)CC2)cc1OC. The molecule has 0 bridgehead atoms. The van der Waals surface area contributed by atoms with Gasteiger partial charge >= 0.3 is 0 Å². The molecule has 2 amide bonds. The Hall–Kier alpha value is -3.02. The molecule has 1 heterocycles. The summed E-state index contributed by atoms with van der Waals surface area (Å²) >= 11 is 0. The number of aryl methyl sites for hydroxylation is 1. The number of likely N-dealkylation sites (tertiary alicyclic amines) is 1. The minimum absolute atomic E-state index is 0.0437. The van der Waals surface area contributed by atoms with E-state index in [2.05, 4.69) is 5.32 Å². The molecule has 0 atom stereocenters. The average molecular weight is 382 g/mol. The molecule has 0 aliphatic carbocycles. The van der Waals surface area contributed by atoms with Gasteiger partial charge in [0.15, 0.2) is 11.5 Å². The smallest absolute Gasteiger partial charge is 0.253 e. The number of hydrogen-bond donors (Lipinski definition) is 1. The summed E-state index contributed by atoms with van der Waals surface area (Å²) in [5, 5.41) is 3.06. The molecular weight excluding hydrogens is 356 g/mol. The molecule has 2 aromatic rings. The number of hydrogen-bond acceptors (Lipinski definition) is 4. The van der Waals surface area contributed by atoms with Crippen LogP contribution in [-0.4, -0.2) is 50.1 Å². The number of rotatable bonds is 5. The Balaban J connectivity index is 1.57. The third-order valence-corrected chi connectivity index (χ3v) is 5.03. The predicted molar refractivity (Wildman–Crippen MR) is 107 cm³/mol. The molecule has 6 heteroatoms. The Morgan fingerprint density at radius 1 is 0.964 bits per heavy atom. The molecule has 1 fully saturated rings. The number of ether oxygens (including phenoxy) is 2. The lowest BCUT2D eigenvalue weighted by molar-refractivity contribution is 0.0698. The van der Waals surface area contributed by atoms with Crippen LogP contribution in [0.4, 0.5) is 0 Å². The number of carbonyl (C=O) groups excluding carboxylic acids is 2. The van der Waals surface area contributed by atoms with Crippen LogP contribution in [0.5, 0.6) is 11.5 Å². The van der Waals surface area contributed by atoms with Crippen LogP contribution in [0.1, 0.15) is 39.1 Å². The van der Waals surface area contributed by atoms with Crippen molar-refractivity contribution in [2.45, 2.75) is 25.8 Å². The van der Waals surface area contributed by atoms with E-state index < -0.39 is 0 Å². The van der Waals surface area contributed by atoms with Crippen LogP contribution >= 0.6 is 0 Å². The number of piperidine rings is 1. The molecule has 3 rings (SSSR count). The largest absolute Gasteiger partial charge is 0.493 e. The van der Waals surface area contributed by atoms with Gasteiger partial charge in [-0.1, -0.05) is 17.7 Å². The van der Waals surface area contributed by atoms with Crippen molar-refractivity contribution in [3.05, 3.63) is 59.2 Å². The van der Waals surface area contributed by atoms with Gasteiger partial charge in [-0.05, 0) is 50.1 Å². The zero-order valence-electron chi connectivity index (χ0n) is 16.5. The van der Waals surface area contributed by atoms with E-state index in [0.29, 0.717) is 35.7 Å². The number of methoxy groups -OCH3 is 2. The van der Waals surface area contributed by atoms with Crippen LogP contribution in [0.25, 0.3) is 0 Å². The van der Waals surface area contributed by atoms with Crippen molar-refractivity contribution in [2.24, 2.45) is 0 Å². The standard InChI is InChI=1S/C22H26N2O4/c1-15-5-4-6-17(13-15)22(26)24-11-9-18(10-12-24)23-21(25)16-7-8-19(27-2)20(14-16)28-3/h4-8,13-14,18H,9-12H2,1-3H3,(H,23,25). The van der Waals surface area contributed by atoms with Crippen molar-refractivity contribution in [3.63, 3.8) is 0 Å². The fourth-order valence-corrected chi connectivity index (χ4v) is 3.43. The van der Waals surface area contributed by atoms with Crippen LogP contribution in [0.15, 0.2) is 42.5 Å². The van der Waals surface area contributed by atoms with Crippen molar-refractivity contribution >= 4 is 11.8 Å². The first-order chi connectivity index (χ1) is 13.5. The molecule has 28 heavy (non-hydrogen) atoms. The van der Waals surface area contributed by atoms with Gasteiger partial charge in [-0.2, -0.15) is 0 Å². The molecule has 0 aromatic heterocycles. The van der Waals surface area contributed by atoms with Crippen molar-refractivity contribution < 1.29 is 19.1 Å². The minimum Gasteiger partial charge on any atom is -0.493 e. The van der Waals surface area contributed by atoms with E-state index >= 15 is 0 Å². The summed E-state index contributed by atoms with van der Waals surface area (Å²) in [5.74, 6) is 1.01. The molecule has 0 radical (unpaired) electrons. The third kappa shape index (κ3) is 4.44. The van der Waals surface area contributed by atoms with Gasteiger partial charge in [0, 0.05) is 30.3 Å². The molecule has 6 nitrogen and oxygen atoms in total. The maximum absolute atomic E-state index is 12.6. The highest BCUT2D eigenvalue weighted by Crippen LogP contribution is 2.27. The van der Waals surface area contributed by atoms with E-state index in [1.54, 1.807) is 32.4 Å². The second-order valence-electron chi connectivity index (χ2n) is 6.98. The summed E-state index contributed by atoms with van der Waals surface area (Å²) in [5.41, 5.74) is 2.31. The van der Waals surface area contributed by atoms with Gasteiger partial charge in [-0.3, -0.25) is 9.59 Å². The Labute approximate surface area is 165 Å². The van der Waals surface area contributed by atoms with Gasteiger partial charge in [0.05, 0.1) is 14.2 Å². The van der Waals surface area contributed by atoms with Gasteiger partial charge in [-0.25, -0.2) is 0 Å². The van der Waals surface area contributed by atoms with Gasteiger partial charge in [0.25, 0.3) is 11.8 Å². The highest BCUT2D eigenvalue weighted by Gasteiger charge is 2.25. The van der Waals surface area contributed by atoms with Crippen LogP contribution < -0.4 is 14.8 Å². The van der Waals surface area contributed by atoms with E-state index in [1.165, 1.54) is 0 Å². The Kier molecular flexibility index (Phi) is 6.19. The highest BCUT2D eigenvalue weighted by molar-refractivity contribution is 5.95. The number of benzene rings is 2. The van der Waals surface area contributed by atoms with E-state index in [9.17, 15) is 9.59 Å². The van der Waals surface area contributed by atoms with Crippen molar-refractivity contribution in [1.82, 2.24) is 10.2 Å². The maximum atomic E-state index is 12.6. The Bertz CT molecular complexity index is 857. The number of nitrogens with one attached hydrogen (secondary N) is 1. The molecule has 2 aromatic carbocycles. The third-order valence-electron chi connectivity index (χ3n) is 5.03. The highest BCUT2D eigenvalue weighted by atomic mass is 16.5. The first kappa shape index (κ1) is 19.7. The molecule has 0 unspecified atom stereocenters. The summed E-state index contributed by atoms with van der Waals surface area (Å²) in [6.45, 7) is 3.24. The molecule has 148 valence electrons. The summed E-state index contributed by atoms with van der Waals surface area (Å²) in [7, 11) is 3.10. The summed E-state index contributed by atoms with van der Waals surface area (Å²) in [4.78, 5) is 27.1. The number of carbonyl (C=O) groups is 2. The van der Waals surface area contributed by atoms with Gasteiger partial charge < -0.3 is 19.7 Å². The van der Waals surface area contributed by atoms with Crippen molar-refractivity contribution in [1.29, 1.82) is 0 Å². The second-order valence-corrected chi connectivity index (χ2v) is 6.98. The minimum atomic E-state index is -0.149. The fraction of sp³-hybridized carbons (Fsp3) is 0.364. The maximum Gasteiger partial charge on any atom is 0.253 e. The first-order valence-electron chi connectivity index (χ1n) is 9.40. The lowest BCUT2D eigenvalue weighted by Gasteiger charge is -2.32. The lowest BCUT2D eigenvalue weighted by atomic mass is 10.0. The normalized spacial score (nSPS) is 14.5. The summed E-state index contributed by atoms with van der Waals surface area (Å²) in [6.07, 6.45) is 1.47. The molecule has 0 spiro atoms. The molecule has 1 aliphatic rings. The summed E-state index contributed by atoms with van der Waals surface area (Å²) < 4.78 is 10.5. The van der Waals surface area contributed by atoms with E-state index in [1.807, 2.05) is 36.1 Å². The Morgan fingerprint density at radius 3 is 2.32 bits per heavy atom. The molecule has 1 N–H and O–H groups in total. The predicted octanol–water partition coefficient (Wildman–Crippen LogP) is 3.05. The van der Waals surface area contributed by atoms with Crippen LogP contribution in [0.2, 0.25) is 0 Å². The van der Waals surface area contributed by atoms with E-state index in [4.69, 9.17) is 9.47 Å². The van der Waals surface area contributed by atoms with Crippen molar-refractivity contribution in [3.8, 4) is 11.5 Å².